The van der Waals surface area contributed by atoms with Gasteiger partial charge in [0.25, 0.3) is 20.2 Å². The lowest BCUT2D eigenvalue weighted by molar-refractivity contribution is -0.198. The number of rotatable bonds is 37. The molecular formula is C68H102N14O21S2. The number of amides is 9. The molecule has 15 N–H and O–H groups in total. The van der Waals surface area contributed by atoms with Crippen molar-refractivity contribution in [2.24, 2.45) is 46.0 Å². The number of primary amides is 1. The van der Waals surface area contributed by atoms with E-state index in [1.807, 2.05) is 30.6 Å². The van der Waals surface area contributed by atoms with Crippen LogP contribution < -0.4 is 54.0 Å². The number of anilines is 1. The van der Waals surface area contributed by atoms with Crippen LogP contribution in [0.2, 0.25) is 0 Å². The highest BCUT2D eigenvalue weighted by Crippen LogP contribution is 2.70. The summed E-state index contributed by atoms with van der Waals surface area (Å²) in [5.74, 6) is -7.47. The first-order chi connectivity index (χ1) is 49.6. The largest absolute Gasteiger partial charge is 0.445 e. The molecule has 2 heterocycles. The van der Waals surface area contributed by atoms with Crippen molar-refractivity contribution in [2.75, 3.05) is 62.9 Å². The van der Waals surface area contributed by atoms with Gasteiger partial charge < -0.3 is 78.1 Å². The number of allylic oxidation sites excluding steroid dienone is 4. The molecule has 2 aromatic rings. The van der Waals surface area contributed by atoms with E-state index in [0.29, 0.717) is 67.6 Å². The number of aliphatic hydroxyl groups is 1. The van der Waals surface area contributed by atoms with Crippen LogP contribution in [-0.2, 0) is 97.1 Å². The Labute approximate surface area is 610 Å². The van der Waals surface area contributed by atoms with E-state index in [1.165, 1.54) is 4.90 Å². The Kier molecular flexibility index (Phi) is 28.9. The predicted octanol–water partition coefficient (Wildman–Crippen LogP) is 0.968. The van der Waals surface area contributed by atoms with Crippen LogP contribution in [0.25, 0.3) is 0 Å². The number of aromatic nitrogens is 3. The number of nitrogens with one attached hydrogen (secondary N) is 8. The maximum atomic E-state index is 14.7. The van der Waals surface area contributed by atoms with Gasteiger partial charge in [0.05, 0.1) is 50.1 Å². The standard InChI is InChI=1S/C68H102N14O21S2/c1-6-13-57-102-53-31-46-45-23-20-42-30-44(83)24-25-66(42,4)58(45)50(84)32-67(46,5)68(53,103-57)52(85)33-73-65(93)101-36-41-18-21-43(22-19-41)76-62(90)48(15-12-27-72-64(70)92)77-63(91)59(40(2)3)78-61(89)47(69)14-10-11-26-71-56(88)37-100-51-17-9-7-8-16-49-60(51)79-80-82(49)29-28-81(34-54(86)74-38-104(94,95)96)35-55(87)75-39-105(97,98)99/h18-19,21-22,24-25,30,40,45-48,50-51,53,57-59,84H,6-17,20,23,26-29,31-39,69H2,1-5H3,(H,71,88)(H,73,93)(H,74,86)(H,75,87)(H,76,90)(H,77,91)(H,78,89)(H3,70,72,92)(H,94,95,96)(H,97,98,99)/t45-,46?,47+,48-,50-,51?,53+,57?,58?,59?,66-,67-,68+/m0/s1. The fourth-order valence-corrected chi connectivity index (χ4v) is 16.5. The Balaban J connectivity index is 0.774. The second-order valence-corrected chi connectivity index (χ2v) is 31.7. The van der Waals surface area contributed by atoms with Crippen molar-refractivity contribution < 1.29 is 97.9 Å². The zero-order chi connectivity index (χ0) is 76.6. The summed E-state index contributed by atoms with van der Waals surface area (Å²) in [6.45, 7) is 7.67. The number of hydrogen-bond acceptors (Lipinski definition) is 23. The number of fused-ring (bicyclic) bond motifs is 8. The fourth-order valence-electron chi connectivity index (χ4n) is 15.8. The summed E-state index contributed by atoms with van der Waals surface area (Å²) in [7, 11) is -9.14. The Hall–Kier alpha value is -7.88. The third-order valence-electron chi connectivity index (χ3n) is 20.9. The first kappa shape index (κ1) is 82.8. The molecule has 5 aliphatic carbocycles. The molecule has 6 aliphatic rings. The van der Waals surface area contributed by atoms with Gasteiger partial charge >= 0.3 is 12.1 Å². The Morgan fingerprint density at radius 1 is 0.829 bits per heavy atom. The van der Waals surface area contributed by atoms with Gasteiger partial charge in [-0.15, -0.1) is 5.10 Å². The Morgan fingerprint density at radius 3 is 2.19 bits per heavy atom. The van der Waals surface area contributed by atoms with Crippen LogP contribution in [0.1, 0.15) is 154 Å². The predicted molar refractivity (Wildman–Crippen MR) is 376 cm³/mol. The maximum absolute atomic E-state index is 14.7. The highest BCUT2D eigenvalue weighted by molar-refractivity contribution is 7.86. The fraction of sp³-hybridized carbons (Fsp3) is 0.676. The summed E-state index contributed by atoms with van der Waals surface area (Å²) in [5, 5.41) is 40.9. The molecule has 8 rings (SSSR count). The van der Waals surface area contributed by atoms with Crippen molar-refractivity contribution in [3.63, 3.8) is 0 Å². The Morgan fingerprint density at radius 2 is 1.52 bits per heavy atom. The molecule has 35 nitrogen and oxygen atoms in total. The molecule has 0 spiro atoms. The van der Waals surface area contributed by atoms with Crippen molar-refractivity contribution in [2.45, 2.75) is 199 Å². The van der Waals surface area contributed by atoms with E-state index in [2.05, 4.69) is 49.1 Å². The number of Topliss-reactive ketones (excluding diaryl/α,β-unsaturated/α-hetero) is 1. The maximum Gasteiger partial charge on any atom is 0.407 e. The first-order valence-corrected chi connectivity index (χ1v) is 39.0. The molecule has 0 radical (unpaired) electrons. The van der Waals surface area contributed by atoms with Crippen LogP contribution in [-0.4, -0.2) is 210 Å². The van der Waals surface area contributed by atoms with Crippen LogP contribution in [0.5, 0.6) is 0 Å². The van der Waals surface area contributed by atoms with E-state index >= 15 is 0 Å². The van der Waals surface area contributed by atoms with Gasteiger partial charge in [-0.2, -0.15) is 16.8 Å². The number of carbonyl (C=O) groups excluding carboxylic acids is 10. The molecule has 1 aromatic heterocycles. The number of nitrogens with two attached hydrogens (primary N) is 2. The molecule has 1 aromatic carbocycles. The monoisotopic (exact) mass is 1510 g/mol. The van der Waals surface area contributed by atoms with Crippen LogP contribution in [0, 0.1) is 34.5 Å². The van der Waals surface area contributed by atoms with Gasteiger partial charge in [-0.1, -0.05) is 82.9 Å². The van der Waals surface area contributed by atoms with Gasteiger partial charge in [-0.25, -0.2) is 14.3 Å². The molecule has 1 aliphatic heterocycles. The smallest absolute Gasteiger partial charge is 0.407 e. The lowest BCUT2D eigenvalue weighted by atomic mass is 9.46. The van der Waals surface area contributed by atoms with Crippen molar-refractivity contribution >= 4 is 85.1 Å². The van der Waals surface area contributed by atoms with Gasteiger partial charge in [0.15, 0.2) is 23.5 Å². The number of unbranched alkanes of at least 4 members (excludes halogenated alkanes) is 1. The first-order valence-electron chi connectivity index (χ1n) is 35.8. The highest BCUT2D eigenvalue weighted by atomic mass is 32.2. The zero-order valence-corrected chi connectivity index (χ0v) is 61.6. The lowest BCUT2D eigenvalue weighted by Crippen LogP contribution is -2.64. The summed E-state index contributed by atoms with van der Waals surface area (Å²) < 4.78 is 89.3. The van der Waals surface area contributed by atoms with Crippen molar-refractivity contribution in [3.8, 4) is 0 Å². The molecule has 13 atom stereocenters. The molecule has 37 heteroatoms. The second kappa shape index (κ2) is 36.6. The van der Waals surface area contributed by atoms with Gasteiger partial charge in [0.2, 0.25) is 35.4 Å². The number of alkyl carbamates (subject to hydrolysis) is 1. The van der Waals surface area contributed by atoms with E-state index < -0.39 is 164 Å². The number of hydrogen-bond donors (Lipinski definition) is 13. The lowest BCUT2D eigenvalue weighted by Gasteiger charge is -2.59. The van der Waals surface area contributed by atoms with Gasteiger partial charge in [-0.05, 0) is 131 Å². The van der Waals surface area contributed by atoms with Crippen LogP contribution in [0.15, 0.2) is 48.1 Å². The topological polar surface area (TPSA) is 519 Å². The zero-order valence-electron chi connectivity index (χ0n) is 59.9. The SMILES string of the molecule is CCCC1O[C@@H]2CC3[C@@H]4CCC5=CC(=O)C=C[C@]5(C)C4[C@@H](O)C[C@]3(C)[C@]2(C(=O)CNC(=O)OCc2ccc(NC(=O)[C@H](CCCNC(N)=O)NC(=O)C(NC(=O)[C@H](N)CCCCNC(=O)COC3CCCCCc4c3nnn4CCN(CC(=O)NCS(=O)(=O)O)CC(=O)NCS(=O)(=O)O)C(C)C)cc2)O1. The quantitative estimate of drug-likeness (QED) is 0.0331. The van der Waals surface area contributed by atoms with Crippen molar-refractivity contribution in [3.05, 3.63) is 65.0 Å². The molecule has 4 fully saturated rings. The normalized spacial score (nSPS) is 25.6. The van der Waals surface area contributed by atoms with Crippen LogP contribution in [0.4, 0.5) is 15.3 Å². The van der Waals surface area contributed by atoms with E-state index in [-0.39, 0.29) is 94.4 Å². The number of urea groups is 1. The van der Waals surface area contributed by atoms with Crippen molar-refractivity contribution in [1.82, 2.24) is 57.1 Å². The third kappa shape index (κ3) is 21.9. The minimum atomic E-state index is -4.57. The summed E-state index contributed by atoms with van der Waals surface area (Å²) in [5.41, 5.74) is 11.8. The van der Waals surface area contributed by atoms with E-state index in [0.717, 1.165) is 37.7 Å². The van der Waals surface area contributed by atoms with E-state index in [1.54, 1.807) is 54.9 Å². The Bertz CT molecular complexity index is 3730. The highest BCUT2D eigenvalue weighted by Gasteiger charge is 2.75. The molecule has 582 valence electrons. The van der Waals surface area contributed by atoms with E-state index in [9.17, 15) is 69.9 Å². The molecular weight excluding hydrogens is 1410 g/mol. The minimum absolute atomic E-state index is 0.0115. The number of ether oxygens (including phenoxy) is 4. The number of benzene rings is 1. The number of nitrogens with zero attached hydrogens (tertiary/aromatic N) is 4. The number of carbonyl (C=O) groups is 10. The third-order valence-corrected chi connectivity index (χ3v) is 21.9. The molecule has 5 unspecified atom stereocenters. The molecule has 0 bridgehead atoms. The number of ketones is 2. The summed E-state index contributed by atoms with van der Waals surface area (Å²) >= 11 is 0. The van der Waals surface area contributed by atoms with E-state index in [4.69, 9.17) is 39.5 Å². The summed E-state index contributed by atoms with van der Waals surface area (Å²) in [4.78, 5) is 133. The molecule has 105 heavy (non-hydrogen) atoms. The van der Waals surface area contributed by atoms with Gasteiger partial charge in [0, 0.05) is 42.1 Å². The van der Waals surface area contributed by atoms with Crippen LogP contribution >= 0.6 is 0 Å². The van der Waals surface area contributed by atoms with Crippen molar-refractivity contribution in [1.29, 1.82) is 0 Å². The summed E-state index contributed by atoms with van der Waals surface area (Å²) in [6, 6.07) is 2.18. The molecule has 3 saturated carbocycles. The van der Waals surface area contributed by atoms with Gasteiger partial charge in [-0.3, -0.25) is 52.4 Å². The average Bonchev–Trinajstić information content (AvgIpc) is 1.53. The van der Waals surface area contributed by atoms with Crippen LogP contribution in [0.3, 0.4) is 0 Å². The van der Waals surface area contributed by atoms with Gasteiger partial charge in [0.1, 0.15) is 48.8 Å². The second-order valence-electron chi connectivity index (χ2n) is 28.8. The average molecular weight is 1520 g/mol. The minimum Gasteiger partial charge on any atom is -0.445 e. The molecule has 1 saturated heterocycles. The molecule has 9 amide bonds. The number of aliphatic hydroxyl groups excluding tert-OH is 1. The summed E-state index contributed by atoms with van der Waals surface area (Å²) in [6.07, 6.45) is 9.73.